The number of piperazine rings is 1. The van der Waals surface area contributed by atoms with E-state index in [-0.39, 0.29) is 35.8 Å². The van der Waals surface area contributed by atoms with Crippen molar-refractivity contribution in [3.8, 4) is 0 Å². The first-order chi connectivity index (χ1) is 12.0. The van der Waals surface area contributed by atoms with E-state index in [9.17, 15) is 4.79 Å². The quantitative estimate of drug-likeness (QED) is 0.276. The number of rotatable bonds is 6. The molecule has 0 unspecified atom stereocenters. The Labute approximate surface area is 172 Å². The summed E-state index contributed by atoms with van der Waals surface area (Å²) in [5, 5.41) is 10.3. The van der Waals surface area contributed by atoms with Crippen LogP contribution in [0.1, 0.15) is 25.3 Å². The normalized spacial score (nSPS) is 15.7. The molecule has 2 rings (SSSR count). The number of aromatic nitrogens is 1. The summed E-state index contributed by atoms with van der Waals surface area (Å²) in [6, 6.07) is 1.98. The third-order valence-corrected chi connectivity index (χ3v) is 4.18. The number of nitrogens with zero attached hydrogens (tertiary/aromatic N) is 4. The van der Waals surface area contributed by atoms with Crippen LogP contribution in [0.4, 0.5) is 0 Å². The fourth-order valence-corrected chi connectivity index (χ4v) is 2.74. The highest BCUT2D eigenvalue weighted by Gasteiger charge is 2.20. The van der Waals surface area contributed by atoms with Crippen LogP contribution in [0.3, 0.4) is 0 Å². The molecule has 1 aliphatic rings. The molecule has 1 fully saturated rings. The number of nitrogens with one attached hydrogen (secondary N) is 2. The molecule has 0 aromatic carbocycles. The van der Waals surface area contributed by atoms with Crippen molar-refractivity contribution in [1.29, 1.82) is 0 Å². The molecule has 2 N–H and O–H groups in total. The minimum Gasteiger partial charge on any atom is -0.361 e. The molecular formula is C17H31IN6O2. The van der Waals surface area contributed by atoms with Crippen molar-refractivity contribution in [2.24, 2.45) is 10.9 Å². The van der Waals surface area contributed by atoms with Crippen LogP contribution in [0.2, 0.25) is 0 Å². The van der Waals surface area contributed by atoms with Crippen LogP contribution in [0, 0.1) is 12.8 Å². The van der Waals surface area contributed by atoms with E-state index >= 15 is 0 Å². The Bertz CT molecular complexity index is 582. The van der Waals surface area contributed by atoms with Crippen molar-refractivity contribution in [2.45, 2.75) is 27.3 Å². The van der Waals surface area contributed by atoms with Crippen molar-refractivity contribution >= 4 is 35.8 Å². The maximum Gasteiger partial charge on any atom is 0.222 e. The lowest BCUT2D eigenvalue weighted by molar-refractivity contribution is -0.123. The highest BCUT2D eigenvalue weighted by Crippen LogP contribution is 2.09. The van der Waals surface area contributed by atoms with Gasteiger partial charge in [0.2, 0.25) is 5.91 Å². The average molecular weight is 478 g/mol. The van der Waals surface area contributed by atoms with Gasteiger partial charge in [-0.2, -0.15) is 0 Å². The van der Waals surface area contributed by atoms with Gasteiger partial charge in [-0.3, -0.25) is 14.7 Å². The van der Waals surface area contributed by atoms with Crippen LogP contribution in [0.5, 0.6) is 0 Å². The zero-order chi connectivity index (χ0) is 18.2. The van der Waals surface area contributed by atoms with Gasteiger partial charge in [-0.25, -0.2) is 0 Å². The van der Waals surface area contributed by atoms with Crippen LogP contribution in [0.15, 0.2) is 15.6 Å². The van der Waals surface area contributed by atoms with Gasteiger partial charge < -0.3 is 20.1 Å². The first kappa shape index (κ1) is 22.7. The lowest BCUT2D eigenvalue weighted by atomic mass is 10.2. The van der Waals surface area contributed by atoms with Crippen molar-refractivity contribution < 1.29 is 9.32 Å². The maximum absolute atomic E-state index is 11.5. The molecule has 148 valence electrons. The van der Waals surface area contributed by atoms with Gasteiger partial charge in [0, 0.05) is 64.8 Å². The number of hydrogen-bond donors (Lipinski definition) is 2. The molecule has 1 aromatic heterocycles. The smallest absolute Gasteiger partial charge is 0.222 e. The predicted molar refractivity (Wildman–Crippen MR) is 113 cm³/mol. The molecule has 0 aliphatic carbocycles. The van der Waals surface area contributed by atoms with Gasteiger partial charge in [0.1, 0.15) is 5.76 Å². The molecule has 0 atom stereocenters. The minimum absolute atomic E-state index is 0. The maximum atomic E-state index is 11.5. The van der Waals surface area contributed by atoms with Crippen molar-refractivity contribution in [3.05, 3.63) is 17.5 Å². The number of halogens is 1. The third kappa shape index (κ3) is 7.10. The Kier molecular flexibility index (Phi) is 9.92. The monoisotopic (exact) mass is 478 g/mol. The van der Waals surface area contributed by atoms with E-state index in [1.165, 1.54) is 0 Å². The van der Waals surface area contributed by atoms with Gasteiger partial charge in [-0.15, -0.1) is 24.0 Å². The lowest BCUT2D eigenvalue weighted by Crippen LogP contribution is -2.53. The molecule has 0 bridgehead atoms. The summed E-state index contributed by atoms with van der Waals surface area (Å²) < 4.78 is 5.12. The highest BCUT2D eigenvalue weighted by molar-refractivity contribution is 14.0. The van der Waals surface area contributed by atoms with Crippen molar-refractivity contribution in [3.63, 3.8) is 0 Å². The molecule has 8 nitrogen and oxygen atoms in total. The first-order valence-electron chi connectivity index (χ1n) is 8.87. The Hall–Kier alpha value is -1.36. The van der Waals surface area contributed by atoms with E-state index in [0.717, 1.165) is 50.1 Å². The lowest BCUT2D eigenvalue weighted by Gasteiger charge is -2.36. The Morgan fingerprint density at radius 2 is 1.92 bits per heavy atom. The van der Waals surface area contributed by atoms with Gasteiger partial charge in [0.25, 0.3) is 0 Å². The number of aryl methyl sites for hydroxylation is 1. The molecule has 1 amide bonds. The Morgan fingerprint density at radius 3 is 2.46 bits per heavy atom. The summed E-state index contributed by atoms with van der Waals surface area (Å²) in [5.41, 5.74) is 0.981. The highest BCUT2D eigenvalue weighted by atomic mass is 127. The van der Waals surface area contributed by atoms with Crippen LogP contribution in [0.25, 0.3) is 0 Å². The standard InChI is InChI=1S/C17H30N6O2.HI/c1-13(2)16(24)19-5-6-20-17(18-4)23-9-7-22(8-10-23)12-15-11-14(3)25-21-15;/h11,13H,5-10,12H2,1-4H3,(H,18,20)(H,19,24);1H. The molecule has 0 spiro atoms. The summed E-state index contributed by atoms with van der Waals surface area (Å²) >= 11 is 0. The zero-order valence-corrected chi connectivity index (χ0v) is 18.4. The summed E-state index contributed by atoms with van der Waals surface area (Å²) in [4.78, 5) is 20.5. The second-order valence-corrected chi connectivity index (χ2v) is 6.61. The van der Waals surface area contributed by atoms with Gasteiger partial charge >= 0.3 is 0 Å². The molecule has 2 heterocycles. The SMILES string of the molecule is CN=C(NCCNC(=O)C(C)C)N1CCN(Cc2cc(C)on2)CC1.I. The predicted octanol–water partition coefficient (Wildman–Crippen LogP) is 1.07. The van der Waals surface area contributed by atoms with Gasteiger partial charge in [-0.1, -0.05) is 19.0 Å². The number of carbonyl (C=O) groups is 1. The fraction of sp³-hybridized carbons (Fsp3) is 0.706. The largest absolute Gasteiger partial charge is 0.361 e. The molecule has 0 radical (unpaired) electrons. The molecule has 1 saturated heterocycles. The molecule has 26 heavy (non-hydrogen) atoms. The fourth-order valence-electron chi connectivity index (χ4n) is 2.74. The molecule has 1 aliphatic heterocycles. The molecule has 9 heteroatoms. The number of amides is 1. The number of carbonyl (C=O) groups excluding carboxylic acids is 1. The molecule has 0 saturated carbocycles. The topological polar surface area (TPSA) is 86.0 Å². The van der Waals surface area contributed by atoms with Gasteiger partial charge in [0.05, 0.1) is 5.69 Å². The van der Waals surface area contributed by atoms with Gasteiger partial charge in [0.15, 0.2) is 5.96 Å². The second-order valence-electron chi connectivity index (χ2n) is 6.61. The Balaban J connectivity index is 0.00000338. The van der Waals surface area contributed by atoms with Gasteiger partial charge in [-0.05, 0) is 6.92 Å². The molecular weight excluding hydrogens is 447 g/mol. The minimum atomic E-state index is 0. The second kappa shape index (κ2) is 11.4. The summed E-state index contributed by atoms with van der Waals surface area (Å²) in [6.45, 7) is 11.5. The van der Waals surface area contributed by atoms with E-state index in [4.69, 9.17) is 4.52 Å². The van der Waals surface area contributed by atoms with Crippen LogP contribution >= 0.6 is 24.0 Å². The summed E-state index contributed by atoms with van der Waals surface area (Å²) in [5.74, 6) is 1.83. The van der Waals surface area contributed by atoms with Crippen molar-refractivity contribution in [1.82, 2.24) is 25.6 Å². The van der Waals surface area contributed by atoms with Crippen LogP contribution in [-0.2, 0) is 11.3 Å². The van der Waals surface area contributed by atoms with Crippen molar-refractivity contribution in [2.75, 3.05) is 46.3 Å². The van der Waals surface area contributed by atoms with Crippen LogP contribution in [-0.4, -0.2) is 73.1 Å². The number of hydrogen-bond acceptors (Lipinski definition) is 5. The van der Waals surface area contributed by atoms with E-state index in [1.54, 1.807) is 7.05 Å². The number of guanidine groups is 1. The van der Waals surface area contributed by atoms with E-state index < -0.39 is 0 Å². The zero-order valence-electron chi connectivity index (χ0n) is 16.1. The van der Waals surface area contributed by atoms with E-state index in [1.807, 2.05) is 26.8 Å². The van der Waals surface area contributed by atoms with E-state index in [0.29, 0.717) is 13.1 Å². The van der Waals surface area contributed by atoms with Crippen LogP contribution < -0.4 is 10.6 Å². The molecule has 1 aromatic rings. The first-order valence-corrected chi connectivity index (χ1v) is 8.87. The summed E-state index contributed by atoms with van der Waals surface area (Å²) in [7, 11) is 1.79. The third-order valence-electron chi connectivity index (χ3n) is 4.18. The average Bonchev–Trinajstić information content (AvgIpc) is 3.00. The Morgan fingerprint density at radius 1 is 1.27 bits per heavy atom. The number of aliphatic imine (C=N–C) groups is 1. The van der Waals surface area contributed by atoms with E-state index in [2.05, 4.69) is 30.6 Å². The summed E-state index contributed by atoms with van der Waals surface area (Å²) in [6.07, 6.45) is 0.